The van der Waals surface area contributed by atoms with Crippen LogP contribution < -0.4 is 10.7 Å². The van der Waals surface area contributed by atoms with Crippen LogP contribution in [0.5, 0.6) is 5.75 Å². The number of phenols is 1. The Bertz CT molecular complexity index is 606. The lowest BCUT2D eigenvalue weighted by molar-refractivity contribution is -0.126. The lowest BCUT2D eigenvalue weighted by Crippen LogP contribution is -2.34. The van der Waals surface area contributed by atoms with Gasteiger partial charge in [-0.1, -0.05) is 57.0 Å². The first-order valence-corrected chi connectivity index (χ1v) is 9.48. The highest BCUT2D eigenvalue weighted by Crippen LogP contribution is 2.19. The summed E-state index contributed by atoms with van der Waals surface area (Å²) in [7, 11) is 0. The molecule has 0 aliphatic heterocycles. The number of amides is 2. The first-order valence-electron chi connectivity index (χ1n) is 9.10. The van der Waals surface area contributed by atoms with Crippen LogP contribution in [0.4, 0.5) is 0 Å². The maximum absolute atomic E-state index is 11.7. The number of aromatic hydroxyl groups is 1. The third-order valence-electron chi connectivity index (χ3n) is 3.84. The number of hydrogen-bond acceptors (Lipinski definition) is 4. The molecule has 144 valence electrons. The van der Waals surface area contributed by atoms with E-state index in [9.17, 15) is 14.7 Å². The van der Waals surface area contributed by atoms with Crippen molar-refractivity contribution in [2.75, 3.05) is 6.54 Å². The second-order valence-corrected chi connectivity index (χ2v) is 6.58. The van der Waals surface area contributed by atoms with Crippen LogP contribution in [-0.4, -0.2) is 29.7 Å². The summed E-state index contributed by atoms with van der Waals surface area (Å²) in [5, 5.41) is 16.4. The minimum atomic E-state index is -0.435. The zero-order valence-corrected chi connectivity index (χ0v) is 16.0. The molecule has 0 aromatic heterocycles. The molecule has 0 radical (unpaired) electrons. The van der Waals surface area contributed by atoms with Gasteiger partial charge in [0.25, 0.3) is 5.91 Å². The Morgan fingerprint density at radius 2 is 1.81 bits per heavy atom. The number of hydrazone groups is 1. The van der Waals surface area contributed by atoms with Crippen LogP contribution in [0.25, 0.3) is 0 Å². The highest BCUT2D eigenvalue weighted by atomic mass is 35.5. The van der Waals surface area contributed by atoms with E-state index in [1.807, 2.05) is 0 Å². The number of phenolic OH excluding ortho intramolecular Hbond substituents is 1. The molecule has 7 heteroatoms. The van der Waals surface area contributed by atoms with Crippen molar-refractivity contribution in [3.05, 3.63) is 28.8 Å². The zero-order valence-electron chi connectivity index (χ0n) is 15.3. The van der Waals surface area contributed by atoms with E-state index in [2.05, 4.69) is 22.8 Å². The maximum Gasteiger partial charge on any atom is 0.259 e. The molecule has 1 rings (SSSR count). The second kappa shape index (κ2) is 13.2. The summed E-state index contributed by atoms with van der Waals surface area (Å²) in [6.45, 7) is 2.06. The van der Waals surface area contributed by atoms with Crippen molar-refractivity contribution >= 4 is 29.6 Å². The van der Waals surface area contributed by atoms with Crippen molar-refractivity contribution in [2.45, 2.75) is 58.3 Å². The normalized spacial score (nSPS) is 10.8. The molecular formula is C19H28ClN3O3. The summed E-state index contributed by atoms with van der Waals surface area (Å²) < 4.78 is 0. The molecule has 0 atom stereocenters. The topological polar surface area (TPSA) is 90.8 Å². The molecular weight excluding hydrogens is 354 g/mol. The molecule has 0 saturated carbocycles. The summed E-state index contributed by atoms with van der Waals surface area (Å²) in [5.74, 6) is -0.559. The largest absolute Gasteiger partial charge is 0.507 e. The quantitative estimate of drug-likeness (QED) is 0.292. The number of nitrogens with zero attached hydrogens (tertiary/aromatic N) is 1. The van der Waals surface area contributed by atoms with Gasteiger partial charge >= 0.3 is 0 Å². The monoisotopic (exact) mass is 381 g/mol. The van der Waals surface area contributed by atoms with Crippen LogP contribution >= 0.6 is 11.6 Å². The van der Waals surface area contributed by atoms with Gasteiger partial charge in [0.2, 0.25) is 5.91 Å². The number of unbranched alkanes of at least 4 members (excludes halogenated alkanes) is 6. The summed E-state index contributed by atoms with van der Waals surface area (Å²) in [6, 6.07) is 4.51. The van der Waals surface area contributed by atoms with Crippen LogP contribution in [0, 0.1) is 0 Å². The van der Waals surface area contributed by atoms with Crippen molar-refractivity contribution in [1.29, 1.82) is 0 Å². The lowest BCUT2D eigenvalue weighted by Gasteiger charge is -2.04. The average molecular weight is 382 g/mol. The number of halogens is 1. The molecule has 0 bridgehead atoms. The van der Waals surface area contributed by atoms with Gasteiger partial charge in [0.05, 0.1) is 12.8 Å². The van der Waals surface area contributed by atoms with Gasteiger partial charge in [0.1, 0.15) is 5.75 Å². The molecule has 0 aliphatic carbocycles. The predicted octanol–water partition coefficient (Wildman–Crippen LogP) is 3.75. The fourth-order valence-corrected chi connectivity index (χ4v) is 2.53. The molecule has 0 unspecified atom stereocenters. The Balaban J connectivity index is 2.14. The third-order valence-corrected chi connectivity index (χ3v) is 4.07. The van der Waals surface area contributed by atoms with E-state index in [0.717, 1.165) is 19.3 Å². The molecule has 0 aliphatic rings. The Kier molecular flexibility index (Phi) is 11.1. The molecule has 1 aromatic rings. The minimum Gasteiger partial charge on any atom is -0.507 e. The van der Waals surface area contributed by atoms with E-state index in [0.29, 0.717) is 17.0 Å². The van der Waals surface area contributed by atoms with Crippen molar-refractivity contribution < 1.29 is 14.7 Å². The van der Waals surface area contributed by atoms with E-state index in [-0.39, 0.29) is 18.2 Å². The van der Waals surface area contributed by atoms with Crippen molar-refractivity contribution in [2.24, 2.45) is 5.10 Å². The van der Waals surface area contributed by atoms with Gasteiger partial charge < -0.3 is 10.4 Å². The molecule has 0 fully saturated rings. The number of hydrogen-bond donors (Lipinski definition) is 3. The van der Waals surface area contributed by atoms with E-state index in [1.165, 1.54) is 44.0 Å². The minimum absolute atomic E-state index is 0.00963. The van der Waals surface area contributed by atoms with E-state index >= 15 is 0 Å². The molecule has 2 amide bonds. The van der Waals surface area contributed by atoms with Crippen molar-refractivity contribution in [3.63, 3.8) is 0 Å². The summed E-state index contributed by atoms with van der Waals surface area (Å²) >= 11 is 5.82. The third kappa shape index (κ3) is 10.0. The van der Waals surface area contributed by atoms with Gasteiger partial charge in [0, 0.05) is 17.0 Å². The number of nitrogens with one attached hydrogen (secondary N) is 2. The van der Waals surface area contributed by atoms with Crippen LogP contribution in [-0.2, 0) is 9.59 Å². The van der Waals surface area contributed by atoms with Crippen LogP contribution in [0.3, 0.4) is 0 Å². The lowest BCUT2D eigenvalue weighted by atomic mass is 10.1. The maximum atomic E-state index is 11.7. The van der Waals surface area contributed by atoms with E-state index < -0.39 is 5.91 Å². The SMILES string of the molecule is CCCCCCCCCC(=O)NCC(=O)N/N=C/c1cc(Cl)ccc1O. The molecule has 26 heavy (non-hydrogen) atoms. The molecule has 3 N–H and O–H groups in total. The summed E-state index contributed by atoms with van der Waals surface area (Å²) in [5.41, 5.74) is 2.68. The van der Waals surface area contributed by atoms with E-state index in [1.54, 1.807) is 6.07 Å². The summed E-state index contributed by atoms with van der Waals surface area (Å²) in [6.07, 6.45) is 9.74. The van der Waals surface area contributed by atoms with Gasteiger partial charge in [-0.05, 0) is 24.6 Å². The Morgan fingerprint density at radius 1 is 1.12 bits per heavy atom. The molecule has 6 nitrogen and oxygen atoms in total. The van der Waals surface area contributed by atoms with Gasteiger partial charge in [0.15, 0.2) is 0 Å². The zero-order chi connectivity index (χ0) is 19.2. The van der Waals surface area contributed by atoms with Crippen LogP contribution in [0.15, 0.2) is 23.3 Å². The number of benzene rings is 1. The first kappa shape index (κ1) is 22.0. The average Bonchev–Trinajstić information content (AvgIpc) is 2.62. The standard InChI is InChI=1S/C19H28ClN3O3/c1-2-3-4-5-6-7-8-9-18(25)21-14-19(26)23-22-13-15-12-16(20)10-11-17(15)24/h10-13,24H,2-9,14H2,1H3,(H,21,25)(H,23,26)/b22-13+. The smallest absolute Gasteiger partial charge is 0.259 e. The van der Waals surface area contributed by atoms with Crippen LogP contribution in [0.1, 0.15) is 63.9 Å². The Morgan fingerprint density at radius 3 is 2.54 bits per heavy atom. The fraction of sp³-hybridized carbons (Fsp3) is 0.526. The number of carbonyl (C=O) groups is 2. The molecule has 0 spiro atoms. The second-order valence-electron chi connectivity index (χ2n) is 6.14. The van der Waals surface area contributed by atoms with Gasteiger partial charge in [-0.2, -0.15) is 5.10 Å². The highest BCUT2D eigenvalue weighted by molar-refractivity contribution is 6.30. The van der Waals surface area contributed by atoms with Crippen molar-refractivity contribution in [1.82, 2.24) is 10.7 Å². The van der Waals surface area contributed by atoms with Gasteiger partial charge in [-0.15, -0.1) is 0 Å². The van der Waals surface area contributed by atoms with E-state index in [4.69, 9.17) is 11.6 Å². The van der Waals surface area contributed by atoms with Crippen LogP contribution in [0.2, 0.25) is 5.02 Å². The number of rotatable bonds is 12. The molecule has 0 saturated heterocycles. The summed E-state index contributed by atoms with van der Waals surface area (Å²) in [4.78, 5) is 23.3. The number of carbonyl (C=O) groups excluding carboxylic acids is 2. The first-order chi connectivity index (χ1) is 12.5. The molecule has 1 aromatic carbocycles. The Hall–Kier alpha value is -2.08. The Labute approximate surface area is 160 Å². The van der Waals surface area contributed by atoms with Gasteiger partial charge in [-0.3, -0.25) is 9.59 Å². The fourth-order valence-electron chi connectivity index (χ4n) is 2.35. The van der Waals surface area contributed by atoms with Gasteiger partial charge in [-0.25, -0.2) is 5.43 Å². The predicted molar refractivity (Wildman–Crippen MR) is 104 cm³/mol. The highest BCUT2D eigenvalue weighted by Gasteiger charge is 2.05. The van der Waals surface area contributed by atoms with Crippen molar-refractivity contribution in [3.8, 4) is 5.75 Å². The molecule has 0 heterocycles.